The molecule has 0 radical (unpaired) electrons. The van der Waals surface area contributed by atoms with Gasteiger partial charge in [-0.2, -0.15) is 0 Å². The fourth-order valence-electron chi connectivity index (χ4n) is 3.16. The van der Waals surface area contributed by atoms with Crippen molar-refractivity contribution >= 4 is 28.5 Å². The fraction of sp³-hybridized carbons (Fsp3) is 0.318. The van der Waals surface area contributed by atoms with Gasteiger partial charge < -0.3 is 30.0 Å². The second-order valence-electron chi connectivity index (χ2n) is 7.08. The van der Waals surface area contributed by atoms with Crippen LogP contribution in [0.15, 0.2) is 48.7 Å². The van der Waals surface area contributed by atoms with Crippen molar-refractivity contribution in [1.82, 2.24) is 10.3 Å². The standard InChI is InChI=1S/C22H25ClN2O5/c1-14(24-11-16(26)12-29-19-7-3-2-6-18(19)23)9-15-10-25-22-17(15)5-4-8-20(22)30-13-21(27)28/h2-8,10,14,16,24-26H,9,11-13H2,1H3,(H,27,28)/t14-,16+/m1/s1. The van der Waals surface area contributed by atoms with Gasteiger partial charge in [-0.05, 0) is 37.1 Å². The maximum Gasteiger partial charge on any atom is 0.341 e. The zero-order valence-electron chi connectivity index (χ0n) is 16.6. The molecule has 2 aromatic carbocycles. The lowest BCUT2D eigenvalue weighted by Gasteiger charge is -2.18. The molecule has 160 valence electrons. The van der Waals surface area contributed by atoms with E-state index in [1.807, 2.05) is 37.4 Å². The van der Waals surface area contributed by atoms with E-state index in [9.17, 15) is 9.90 Å². The van der Waals surface area contributed by atoms with Crippen LogP contribution in [-0.4, -0.2) is 53.1 Å². The van der Waals surface area contributed by atoms with Gasteiger partial charge in [-0.15, -0.1) is 0 Å². The monoisotopic (exact) mass is 432 g/mol. The van der Waals surface area contributed by atoms with Crippen LogP contribution in [0.3, 0.4) is 0 Å². The molecule has 0 aliphatic carbocycles. The van der Waals surface area contributed by atoms with Crippen molar-refractivity contribution in [2.45, 2.75) is 25.5 Å². The Hall–Kier alpha value is -2.74. The molecule has 0 saturated carbocycles. The number of para-hydroxylation sites is 2. The number of hydrogen-bond acceptors (Lipinski definition) is 5. The minimum Gasteiger partial charge on any atom is -0.489 e. The summed E-state index contributed by atoms with van der Waals surface area (Å²) in [6.45, 7) is 2.16. The summed E-state index contributed by atoms with van der Waals surface area (Å²) in [6.07, 6.45) is 1.94. The minimum atomic E-state index is -1.02. The van der Waals surface area contributed by atoms with Crippen molar-refractivity contribution in [2.24, 2.45) is 0 Å². The molecule has 0 unspecified atom stereocenters. The number of hydrogen-bond donors (Lipinski definition) is 4. The maximum atomic E-state index is 10.8. The molecule has 3 aromatic rings. The first-order valence-corrected chi connectivity index (χ1v) is 10.0. The Balaban J connectivity index is 1.51. The number of ether oxygens (including phenoxy) is 2. The van der Waals surface area contributed by atoms with E-state index in [0.717, 1.165) is 22.9 Å². The summed E-state index contributed by atoms with van der Waals surface area (Å²) in [5.41, 5.74) is 1.85. The molecule has 0 amide bonds. The first-order chi connectivity index (χ1) is 14.4. The van der Waals surface area contributed by atoms with E-state index in [0.29, 0.717) is 23.1 Å². The van der Waals surface area contributed by atoms with Crippen LogP contribution >= 0.6 is 11.6 Å². The van der Waals surface area contributed by atoms with Crippen LogP contribution in [0.1, 0.15) is 12.5 Å². The largest absolute Gasteiger partial charge is 0.489 e. The Labute approximate surface area is 179 Å². The molecule has 1 aromatic heterocycles. The molecule has 30 heavy (non-hydrogen) atoms. The average molecular weight is 433 g/mol. The number of halogens is 1. The highest BCUT2D eigenvalue weighted by atomic mass is 35.5. The van der Waals surface area contributed by atoms with Gasteiger partial charge in [0.25, 0.3) is 0 Å². The number of benzene rings is 2. The zero-order chi connectivity index (χ0) is 21.5. The van der Waals surface area contributed by atoms with Crippen LogP contribution in [0.4, 0.5) is 0 Å². The van der Waals surface area contributed by atoms with Crippen molar-refractivity contribution in [3.05, 3.63) is 59.2 Å². The van der Waals surface area contributed by atoms with Crippen LogP contribution in [0.5, 0.6) is 11.5 Å². The Morgan fingerprint density at radius 1 is 1.17 bits per heavy atom. The van der Waals surface area contributed by atoms with Gasteiger partial charge in [0.05, 0.1) is 10.5 Å². The number of aliphatic hydroxyl groups is 1. The van der Waals surface area contributed by atoms with Gasteiger partial charge in [-0.1, -0.05) is 35.9 Å². The smallest absolute Gasteiger partial charge is 0.341 e. The van der Waals surface area contributed by atoms with Gasteiger partial charge >= 0.3 is 5.97 Å². The van der Waals surface area contributed by atoms with Crippen LogP contribution < -0.4 is 14.8 Å². The van der Waals surface area contributed by atoms with Crippen molar-refractivity contribution in [2.75, 3.05) is 19.8 Å². The van der Waals surface area contributed by atoms with Gasteiger partial charge in [-0.25, -0.2) is 4.79 Å². The number of carboxylic acid groups (broad SMARTS) is 1. The molecule has 3 rings (SSSR count). The molecule has 4 N–H and O–H groups in total. The third kappa shape index (κ3) is 5.89. The molecular weight excluding hydrogens is 408 g/mol. The van der Waals surface area contributed by atoms with Gasteiger partial charge in [0.2, 0.25) is 0 Å². The topological polar surface area (TPSA) is 104 Å². The summed E-state index contributed by atoms with van der Waals surface area (Å²) < 4.78 is 10.9. The Bertz CT molecular complexity index is 991. The second-order valence-corrected chi connectivity index (χ2v) is 7.49. The first-order valence-electron chi connectivity index (χ1n) is 9.66. The predicted octanol–water partition coefficient (Wildman–Crippen LogP) is 3.25. The molecule has 1 heterocycles. The lowest BCUT2D eigenvalue weighted by atomic mass is 10.1. The number of aromatic nitrogens is 1. The van der Waals surface area contributed by atoms with Crippen molar-refractivity contribution in [1.29, 1.82) is 0 Å². The van der Waals surface area contributed by atoms with Gasteiger partial charge in [0.15, 0.2) is 6.61 Å². The second kappa shape index (κ2) is 10.3. The number of nitrogens with one attached hydrogen (secondary N) is 2. The van der Waals surface area contributed by atoms with Crippen LogP contribution in [0.25, 0.3) is 10.9 Å². The average Bonchev–Trinajstić information content (AvgIpc) is 3.13. The number of carbonyl (C=O) groups is 1. The molecule has 0 fully saturated rings. The highest BCUT2D eigenvalue weighted by molar-refractivity contribution is 6.32. The summed E-state index contributed by atoms with van der Waals surface area (Å²) in [4.78, 5) is 13.9. The van der Waals surface area contributed by atoms with Gasteiger partial charge in [0.1, 0.15) is 24.2 Å². The van der Waals surface area contributed by atoms with Crippen molar-refractivity contribution < 1.29 is 24.5 Å². The molecule has 2 atom stereocenters. The minimum absolute atomic E-state index is 0.0996. The third-order valence-electron chi connectivity index (χ3n) is 4.61. The first kappa shape index (κ1) is 22.0. The Morgan fingerprint density at radius 3 is 2.70 bits per heavy atom. The molecule has 0 aliphatic heterocycles. The maximum absolute atomic E-state index is 10.8. The lowest BCUT2D eigenvalue weighted by Crippen LogP contribution is -2.37. The number of aromatic amines is 1. The normalized spacial score (nSPS) is 13.2. The number of aliphatic carboxylic acids is 1. The summed E-state index contributed by atoms with van der Waals surface area (Å²) in [7, 11) is 0. The Kier molecular flexibility index (Phi) is 7.57. The Morgan fingerprint density at radius 2 is 1.93 bits per heavy atom. The molecule has 0 saturated heterocycles. The van der Waals surface area contributed by atoms with E-state index in [4.69, 9.17) is 26.2 Å². The quantitative estimate of drug-likeness (QED) is 0.371. The molecular formula is C22H25ClN2O5. The molecule has 7 nitrogen and oxygen atoms in total. The fourth-order valence-corrected chi connectivity index (χ4v) is 3.35. The number of aliphatic hydroxyl groups excluding tert-OH is 1. The number of carboxylic acids is 1. The van der Waals surface area contributed by atoms with E-state index in [1.54, 1.807) is 18.2 Å². The van der Waals surface area contributed by atoms with E-state index in [1.165, 1.54) is 0 Å². The summed E-state index contributed by atoms with van der Waals surface area (Å²) in [6, 6.07) is 12.8. The number of fused-ring (bicyclic) bond motifs is 1. The highest BCUT2D eigenvalue weighted by Crippen LogP contribution is 2.28. The number of rotatable bonds is 11. The summed E-state index contributed by atoms with van der Waals surface area (Å²) >= 11 is 6.05. The van der Waals surface area contributed by atoms with E-state index >= 15 is 0 Å². The lowest BCUT2D eigenvalue weighted by molar-refractivity contribution is -0.139. The van der Waals surface area contributed by atoms with Crippen molar-refractivity contribution in [3.8, 4) is 11.5 Å². The van der Waals surface area contributed by atoms with E-state index in [2.05, 4.69) is 10.3 Å². The molecule has 0 spiro atoms. The predicted molar refractivity (Wildman–Crippen MR) is 116 cm³/mol. The van der Waals surface area contributed by atoms with E-state index in [-0.39, 0.29) is 19.3 Å². The van der Waals surface area contributed by atoms with E-state index < -0.39 is 12.1 Å². The summed E-state index contributed by atoms with van der Waals surface area (Å²) in [5.74, 6) is 0.0357. The SMILES string of the molecule is C[C@H](Cc1c[nH]c2c(OCC(=O)O)cccc12)NC[C@H](O)COc1ccccc1Cl. The highest BCUT2D eigenvalue weighted by Gasteiger charge is 2.14. The van der Waals surface area contributed by atoms with Gasteiger partial charge in [0, 0.05) is 24.2 Å². The van der Waals surface area contributed by atoms with Crippen LogP contribution in [-0.2, 0) is 11.2 Å². The van der Waals surface area contributed by atoms with Crippen LogP contribution in [0, 0.1) is 0 Å². The molecule has 0 aliphatic rings. The molecule has 8 heteroatoms. The molecule has 0 bridgehead atoms. The van der Waals surface area contributed by atoms with Crippen molar-refractivity contribution in [3.63, 3.8) is 0 Å². The zero-order valence-corrected chi connectivity index (χ0v) is 17.4. The van der Waals surface area contributed by atoms with Gasteiger partial charge in [-0.3, -0.25) is 0 Å². The van der Waals surface area contributed by atoms with Crippen LogP contribution in [0.2, 0.25) is 5.02 Å². The number of H-pyrrole nitrogens is 1. The third-order valence-corrected chi connectivity index (χ3v) is 4.92. The summed E-state index contributed by atoms with van der Waals surface area (Å²) in [5, 5.41) is 23.8.